The topological polar surface area (TPSA) is 46.5 Å². The number of rotatable bonds is 8. The molecular weight excluding hydrogens is 384 g/mol. The third-order valence-corrected chi connectivity index (χ3v) is 5.71. The third kappa shape index (κ3) is 5.13. The fourth-order valence-corrected chi connectivity index (χ4v) is 3.98. The van der Waals surface area contributed by atoms with Crippen molar-refractivity contribution in [2.45, 2.75) is 25.7 Å². The molecule has 1 N–H and O–H groups in total. The second-order valence-electron chi connectivity index (χ2n) is 7.84. The van der Waals surface area contributed by atoms with Gasteiger partial charge in [-0.25, -0.2) is 4.79 Å². The van der Waals surface area contributed by atoms with Crippen LogP contribution in [0.1, 0.15) is 32.6 Å². The summed E-state index contributed by atoms with van der Waals surface area (Å²) in [4.78, 5) is 11.3. The summed E-state index contributed by atoms with van der Waals surface area (Å²) < 4.78 is 5.24. The molecule has 0 atom stereocenters. The maximum absolute atomic E-state index is 11.3. The van der Waals surface area contributed by atoms with Gasteiger partial charge in [-0.2, -0.15) is 0 Å². The Morgan fingerprint density at radius 1 is 0.677 bits per heavy atom. The number of ether oxygens (including phenoxy) is 1. The van der Waals surface area contributed by atoms with Crippen LogP contribution in [0.4, 0.5) is 0 Å². The Kier molecular flexibility index (Phi) is 6.32. The monoisotopic (exact) mass is 410 g/mol. The number of benzene rings is 4. The number of carboxylic acid groups (broad SMARTS) is 1. The van der Waals surface area contributed by atoms with Gasteiger partial charge in [-0.1, -0.05) is 72.8 Å². The van der Waals surface area contributed by atoms with Crippen molar-refractivity contribution in [1.29, 1.82) is 0 Å². The molecule has 0 aliphatic heterocycles. The number of fused-ring (bicyclic) bond motifs is 1. The van der Waals surface area contributed by atoms with E-state index in [1.807, 2.05) is 12.1 Å². The van der Waals surface area contributed by atoms with Crippen molar-refractivity contribution in [3.05, 3.63) is 113 Å². The smallest absolute Gasteiger partial charge is 0.339 e. The first-order valence-corrected chi connectivity index (χ1v) is 10.6. The molecule has 0 heterocycles. The highest BCUT2D eigenvalue weighted by molar-refractivity contribution is 5.91. The highest BCUT2D eigenvalue weighted by atomic mass is 16.5. The van der Waals surface area contributed by atoms with Crippen LogP contribution in [0.5, 0.6) is 5.75 Å². The maximum atomic E-state index is 11.3. The van der Waals surface area contributed by atoms with Crippen LogP contribution in [0.15, 0.2) is 84.9 Å². The number of hydrogen-bond acceptors (Lipinski definition) is 2. The Balaban J connectivity index is 1.39. The summed E-state index contributed by atoms with van der Waals surface area (Å²) in [5.74, 6) is -0.559. The van der Waals surface area contributed by atoms with Gasteiger partial charge in [0.25, 0.3) is 0 Å². The molecule has 3 nitrogen and oxygen atoms in total. The van der Waals surface area contributed by atoms with Gasteiger partial charge in [-0.05, 0) is 70.8 Å². The predicted molar refractivity (Wildman–Crippen MR) is 125 cm³/mol. The number of carboxylic acids is 1. The summed E-state index contributed by atoms with van der Waals surface area (Å²) in [5.41, 5.74) is 5.25. The molecule has 0 aliphatic rings. The molecular formula is C28H26O3. The summed E-state index contributed by atoms with van der Waals surface area (Å²) in [6.45, 7) is 0. The molecule has 0 amide bonds. The first-order valence-electron chi connectivity index (χ1n) is 10.6. The lowest BCUT2D eigenvalue weighted by Crippen LogP contribution is -2.02. The van der Waals surface area contributed by atoms with Crippen molar-refractivity contribution in [3.63, 3.8) is 0 Å². The Morgan fingerprint density at radius 2 is 1.26 bits per heavy atom. The second-order valence-corrected chi connectivity index (χ2v) is 7.84. The minimum absolute atomic E-state index is 0.196. The van der Waals surface area contributed by atoms with Gasteiger partial charge in [0.05, 0.1) is 7.11 Å². The van der Waals surface area contributed by atoms with Gasteiger partial charge in [0.2, 0.25) is 0 Å². The number of hydrogen-bond donors (Lipinski definition) is 1. The zero-order chi connectivity index (χ0) is 21.6. The van der Waals surface area contributed by atoms with Crippen molar-refractivity contribution in [2.24, 2.45) is 0 Å². The molecule has 0 saturated carbocycles. The zero-order valence-electron chi connectivity index (χ0n) is 17.7. The second kappa shape index (κ2) is 9.48. The van der Waals surface area contributed by atoms with Crippen LogP contribution < -0.4 is 4.74 Å². The van der Waals surface area contributed by atoms with E-state index in [4.69, 9.17) is 4.74 Å². The Labute approximate surface area is 182 Å². The summed E-state index contributed by atoms with van der Waals surface area (Å²) in [7, 11) is 1.50. The Bertz CT molecular complexity index is 1210. The highest BCUT2D eigenvalue weighted by Crippen LogP contribution is 2.22. The average molecular weight is 411 g/mol. The molecule has 0 radical (unpaired) electrons. The van der Waals surface area contributed by atoms with Gasteiger partial charge in [-0.3, -0.25) is 0 Å². The predicted octanol–water partition coefficient (Wildman–Crippen LogP) is 6.12. The van der Waals surface area contributed by atoms with E-state index in [2.05, 4.69) is 66.7 Å². The Morgan fingerprint density at radius 3 is 1.90 bits per heavy atom. The van der Waals surface area contributed by atoms with Crippen LogP contribution in [-0.2, 0) is 25.7 Å². The van der Waals surface area contributed by atoms with Crippen LogP contribution in [0.25, 0.3) is 10.8 Å². The first kappa shape index (κ1) is 20.7. The number of aryl methyl sites for hydroxylation is 4. The summed E-state index contributed by atoms with van der Waals surface area (Å²) >= 11 is 0. The molecule has 156 valence electrons. The molecule has 31 heavy (non-hydrogen) atoms. The van der Waals surface area contributed by atoms with Crippen LogP contribution >= 0.6 is 0 Å². The molecule has 4 aromatic rings. The highest BCUT2D eigenvalue weighted by Gasteiger charge is 2.11. The first-order chi connectivity index (χ1) is 15.1. The molecule has 0 aromatic heterocycles. The normalized spacial score (nSPS) is 10.9. The van der Waals surface area contributed by atoms with Gasteiger partial charge >= 0.3 is 5.97 Å². The SMILES string of the molecule is COc1cc(CCc2cccc(CCc3ccc4ccccc4c3)c2)ccc1C(=O)O. The van der Waals surface area contributed by atoms with Crippen LogP contribution in [0.2, 0.25) is 0 Å². The van der Waals surface area contributed by atoms with E-state index < -0.39 is 5.97 Å². The van der Waals surface area contributed by atoms with Gasteiger partial charge in [-0.15, -0.1) is 0 Å². The summed E-state index contributed by atoms with van der Waals surface area (Å²) in [6.07, 6.45) is 3.76. The van der Waals surface area contributed by atoms with Crippen LogP contribution in [0.3, 0.4) is 0 Å². The van der Waals surface area contributed by atoms with E-state index in [9.17, 15) is 9.90 Å². The van der Waals surface area contributed by atoms with E-state index >= 15 is 0 Å². The average Bonchev–Trinajstić information content (AvgIpc) is 2.81. The van der Waals surface area contributed by atoms with Crippen molar-refractivity contribution < 1.29 is 14.6 Å². The number of methoxy groups -OCH3 is 1. The fraction of sp³-hybridized carbons (Fsp3) is 0.179. The van der Waals surface area contributed by atoms with E-state index in [1.165, 1.54) is 34.6 Å². The standard InChI is InChI=1S/C28H26O3/c1-31-27-19-23(14-16-26(27)28(29)30)12-10-21-6-4-5-20(17-21)9-11-22-13-15-24-7-2-3-8-25(24)18-22/h2-8,13-19H,9-12H2,1H3,(H,29,30). The molecule has 0 spiro atoms. The summed E-state index contributed by atoms with van der Waals surface area (Å²) in [6, 6.07) is 29.2. The van der Waals surface area contributed by atoms with Gasteiger partial charge in [0.1, 0.15) is 11.3 Å². The largest absolute Gasteiger partial charge is 0.496 e. The molecule has 0 bridgehead atoms. The molecule has 0 fully saturated rings. The molecule has 0 aliphatic carbocycles. The van der Waals surface area contributed by atoms with Gasteiger partial charge < -0.3 is 9.84 Å². The third-order valence-electron chi connectivity index (χ3n) is 5.71. The number of carbonyl (C=O) groups is 1. The molecule has 0 saturated heterocycles. The van der Waals surface area contributed by atoms with Crippen LogP contribution in [0, 0.1) is 0 Å². The number of aromatic carboxylic acids is 1. The minimum atomic E-state index is -0.970. The lowest BCUT2D eigenvalue weighted by molar-refractivity contribution is 0.0693. The van der Waals surface area contributed by atoms with Gasteiger partial charge in [0.15, 0.2) is 0 Å². The van der Waals surface area contributed by atoms with E-state index in [0.717, 1.165) is 31.2 Å². The van der Waals surface area contributed by atoms with E-state index in [1.54, 1.807) is 6.07 Å². The molecule has 4 aromatic carbocycles. The van der Waals surface area contributed by atoms with Crippen molar-refractivity contribution in [1.82, 2.24) is 0 Å². The minimum Gasteiger partial charge on any atom is -0.496 e. The van der Waals surface area contributed by atoms with Gasteiger partial charge in [0, 0.05) is 0 Å². The van der Waals surface area contributed by atoms with Crippen molar-refractivity contribution >= 4 is 16.7 Å². The fourth-order valence-electron chi connectivity index (χ4n) is 3.98. The molecule has 3 heteroatoms. The van der Waals surface area contributed by atoms with Crippen molar-refractivity contribution in [2.75, 3.05) is 7.11 Å². The lowest BCUT2D eigenvalue weighted by atomic mass is 9.98. The van der Waals surface area contributed by atoms with E-state index in [-0.39, 0.29) is 5.56 Å². The van der Waals surface area contributed by atoms with Crippen molar-refractivity contribution in [3.8, 4) is 5.75 Å². The zero-order valence-corrected chi connectivity index (χ0v) is 17.7. The quantitative estimate of drug-likeness (QED) is 0.381. The van der Waals surface area contributed by atoms with Crippen LogP contribution in [-0.4, -0.2) is 18.2 Å². The maximum Gasteiger partial charge on any atom is 0.339 e. The molecule has 4 rings (SSSR count). The lowest BCUT2D eigenvalue weighted by Gasteiger charge is -2.09. The van der Waals surface area contributed by atoms with E-state index in [0.29, 0.717) is 5.75 Å². The summed E-state index contributed by atoms with van der Waals surface area (Å²) in [5, 5.41) is 11.8. The Hall–Kier alpha value is -3.59. The molecule has 0 unspecified atom stereocenters.